The molecule has 1 aromatic heterocycles. The van der Waals surface area contributed by atoms with Crippen LogP contribution < -0.4 is 5.14 Å². The van der Waals surface area contributed by atoms with Crippen LogP contribution in [0.3, 0.4) is 0 Å². The predicted molar refractivity (Wildman–Crippen MR) is 76.1 cm³/mol. The molecule has 0 atom stereocenters. The molecule has 0 spiro atoms. The van der Waals surface area contributed by atoms with Crippen molar-refractivity contribution in [2.45, 2.75) is 4.90 Å². The van der Waals surface area contributed by atoms with Crippen LogP contribution >= 0.6 is 0 Å². The molecule has 2 aromatic carbocycles. The number of nitrogens with one attached hydrogen (secondary N) is 1. The summed E-state index contributed by atoms with van der Waals surface area (Å²) in [5.74, 6) is 0. The lowest BCUT2D eigenvalue weighted by Crippen LogP contribution is -2.11. The Morgan fingerprint density at radius 2 is 1.47 bits per heavy atom. The van der Waals surface area contributed by atoms with Crippen LogP contribution in [-0.4, -0.2) is 13.4 Å². The molecule has 0 unspecified atom stereocenters. The van der Waals surface area contributed by atoms with Crippen molar-refractivity contribution < 1.29 is 8.42 Å². The van der Waals surface area contributed by atoms with E-state index < -0.39 is 10.0 Å². The molecule has 3 aromatic rings. The standard InChI is InChI=1S/C8H7N.C6H7NO2S/c1-2-4-8-7(3-1)5-6-9-8;7-10(8,9)6-4-2-1-3-5-6/h1-6,9H;1-5H,(H2,7,8,9). The van der Waals surface area contributed by atoms with Gasteiger partial charge in [0, 0.05) is 11.7 Å². The van der Waals surface area contributed by atoms with E-state index in [9.17, 15) is 8.42 Å². The molecule has 0 amide bonds. The largest absolute Gasteiger partial charge is 0.361 e. The van der Waals surface area contributed by atoms with E-state index in [1.54, 1.807) is 18.2 Å². The van der Waals surface area contributed by atoms with Crippen molar-refractivity contribution in [1.29, 1.82) is 0 Å². The monoisotopic (exact) mass is 274 g/mol. The van der Waals surface area contributed by atoms with Gasteiger partial charge in [-0.3, -0.25) is 0 Å². The highest BCUT2D eigenvalue weighted by atomic mass is 32.2. The van der Waals surface area contributed by atoms with Gasteiger partial charge < -0.3 is 4.98 Å². The van der Waals surface area contributed by atoms with E-state index in [1.165, 1.54) is 23.0 Å². The third-order valence-corrected chi connectivity index (χ3v) is 3.46. The lowest BCUT2D eigenvalue weighted by molar-refractivity contribution is 0.598. The summed E-state index contributed by atoms with van der Waals surface area (Å²) in [4.78, 5) is 3.27. The van der Waals surface area contributed by atoms with E-state index in [1.807, 2.05) is 18.3 Å². The van der Waals surface area contributed by atoms with Crippen LogP contribution in [0.25, 0.3) is 10.9 Å². The summed E-state index contributed by atoms with van der Waals surface area (Å²) in [6.07, 6.45) is 1.95. The van der Waals surface area contributed by atoms with Crippen LogP contribution in [0.2, 0.25) is 0 Å². The summed E-state index contributed by atoms with van der Waals surface area (Å²) in [5, 5.41) is 6.10. The van der Waals surface area contributed by atoms with Gasteiger partial charge in [0.1, 0.15) is 0 Å². The van der Waals surface area contributed by atoms with Gasteiger partial charge in [0.15, 0.2) is 0 Å². The van der Waals surface area contributed by atoms with Gasteiger partial charge in [0.05, 0.1) is 4.90 Å². The number of primary sulfonamides is 1. The zero-order valence-corrected chi connectivity index (χ0v) is 11.0. The summed E-state index contributed by atoms with van der Waals surface area (Å²) >= 11 is 0. The highest BCUT2D eigenvalue weighted by molar-refractivity contribution is 7.89. The van der Waals surface area contributed by atoms with Gasteiger partial charge in [-0.05, 0) is 29.7 Å². The minimum atomic E-state index is -3.50. The average Bonchev–Trinajstić information content (AvgIpc) is 2.88. The van der Waals surface area contributed by atoms with Gasteiger partial charge in [-0.1, -0.05) is 36.4 Å². The van der Waals surface area contributed by atoms with E-state index in [-0.39, 0.29) is 4.90 Å². The number of aromatic nitrogens is 1. The number of hydrogen-bond donors (Lipinski definition) is 2. The van der Waals surface area contributed by atoms with Crippen molar-refractivity contribution in [3.8, 4) is 0 Å². The molecule has 0 saturated heterocycles. The summed E-state index contributed by atoms with van der Waals surface area (Å²) in [5.41, 5.74) is 1.21. The molecule has 0 aliphatic heterocycles. The molecule has 0 saturated carbocycles. The Bertz CT molecular complexity index is 719. The predicted octanol–water partition coefficient (Wildman–Crippen LogP) is 2.50. The van der Waals surface area contributed by atoms with Crippen LogP contribution in [0.5, 0.6) is 0 Å². The van der Waals surface area contributed by atoms with Crippen LogP contribution in [0, 0.1) is 0 Å². The number of para-hydroxylation sites is 1. The molecule has 0 bridgehead atoms. The minimum absolute atomic E-state index is 0.148. The maximum atomic E-state index is 10.6. The van der Waals surface area contributed by atoms with E-state index in [4.69, 9.17) is 5.14 Å². The molecule has 5 heteroatoms. The fourth-order valence-corrected chi connectivity index (χ4v) is 2.14. The summed E-state index contributed by atoms with van der Waals surface area (Å²) in [6.45, 7) is 0. The second kappa shape index (κ2) is 5.69. The second-order valence-corrected chi connectivity index (χ2v) is 5.48. The molecule has 19 heavy (non-hydrogen) atoms. The number of H-pyrrole nitrogens is 1. The fraction of sp³-hybridized carbons (Fsp3) is 0. The van der Waals surface area contributed by atoms with Crippen LogP contribution in [-0.2, 0) is 10.0 Å². The number of hydrogen-bond acceptors (Lipinski definition) is 2. The van der Waals surface area contributed by atoms with Gasteiger partial charge in [-0.2, -0.15) is 0 Å². The summed E-state index contributed by atoms with van der Waals surface area (Å²) in [7, 11) is -3.50. The zero-order chi connectivity index (χ0) is 13.7. The number of sulfonamides is 1. The van der Waals surface area contributed by atoms with Crippen LogP contribution in [0.4, 0.5) is 0 Å². The van der Waals surface area contributed by atoms with Gasteiger partial charge in [-0.15, -0.1) is 0 Å². The number of nitrogens with two attached hydrogens (primary N) is 1. The lowest BCUT2D eigenvalue weighted by Gasteiger charge is -1.93. The van der Waals surface area contributed by atoms with Crippen molar-refractivity contribution in [1.82, 2.24) is 4.98 Å². The molecule has 0 aliphatic carbocycles. The first-order chi connectivity index (χ1) is 9.07. The SMILES string of the molecule is NS(=O)(=O)c1ccccc1.c1ccc2[nH]ccc2c1. The number of benzene rings is 2. The maximum absolute atomic E-state index is 10.6. The Hall–Kier alpha value is -2.11. The quantitative estimate of drug-likeness (QED) is 0.715. The van der Waals surface area contributed by atoms with Gasteiger partial charge >= 0.3 is 0 Å². The third kappa shape index (κ3) is 3.67. The number of fused-ring (bicyclic) bond motifs is 1. The Kier molecular flexibility index (Phi) is 3.99. The summed E-state index contributed by atoms with van der Waals surface area (Å²) < 4.78 is 21.2. The molecule has 0 fully saturated rings. The third-order valence-electron chi connectivity index (χ3n) is 2.53. The molecular formula is C14H14N2O2S. The van der Waals surface area contributed by atoms with Crippen molar-refractivity contribution in [3.05, 3.63) is 66.9 Å². The smallest absolute Gasteiger partial charge is 0.238 e. The highest BCUT2D eigenvalue weighted by Gasteiger charge is 2.03. The Morgan fingerprint density at radius 1 is 0.842 bits per heavy atom. The molecule has 0 aliphatic rings. The average molecular weight is 274 g/mol. The first-order valence-electron chi connectivity index (χ1n) is 5.67. The van der Waals surface area contributed by atoms with Crippen molar-refractivity contribution in [3.63, 3.8) is 0 Å². The zero-order valence-electron chi connectivity index (χ0n) is 10.2. The van der Waals surface area contributed by atoms with E-state index in [0.717, 1.165) is 0 Å². The van der Waals surface area contributed by atoms with E-state index in [2.05, 4.69) is 23.2 Å². The lowest BCUT2D eigenvalue weighted by atomic mass is 10.3. The van der Waals surface area contributed by atoms with Crippen molar-refractivity contribution >= 4 is 20.9 Å². The van der Waals surface area contributed by atoms with E-state index in [0.29, 0.717) is 0 Å². The van der Waals surface area contributed by atoms with Crippen molar-refractivity contribution in [2.24, 2.45) is 5.14 Å². The Balaban J connectivity index is 0.000000141. The molecule has 98 valence electrons. The van der Waals surface area contributed by atoms with Gasteiger partial charge in [-0.25, -0.2) is 13.6 Å². The fourth-order valence-electron chi connectivity index (χ4n) is 1.61. The molecule has 3 rings (SSSR count). The molecule has 1 heterocycles. The van der Waals surface area contributed by atoms with E-state index >= 15 is 0 Å². The van der Waals surface area contributed by atoms with Crippen LogP contribution in [0.1, 0.15) is 0 Å². The first-order valence-corrected chi connectivity index (χ1v) is 7.22. The normalized spacial score (nSPS) is 10.8. The summed E-state index contributed by atoms with van der Waals surface area (Å²) in [6, 6.07) is 18.2. The molecule has 4 nitrogen and oxygen atoms in total. The number of rotatable bonds is 1. The first kappa shape index (κ1) is 13.3. The maximum Gasteiger partial charge on any atom is 0.238 e. The molecule has 3 N–H and O–H groups in total. The van der Waals surface area contributed by atoms with Gasteiger partial charge in [0.2, 0.25) is 10.0 Å². The van der Waals surface area contributed by atoms with Crippen molar-refractivity contribution in [2.75, 3.05) is 0 Å². The molecular weight excluding hydrogens is 260 g/mol. The van der Waals surface area contributed by atoms with Crippen LogP contribution in [0.15, 0.2) is 71.8 Å². The minimum Gasteiger partial charge on any atom is -0.361 e. The number of aromatic amines is 1. The van der Waals surface area contributed by atoms with Gasteiger partial charge in [0.25, 0.3) is 0 Å². The highest BCUT2D eigenvalue weighted by Crippen LogP contribution is 2.09. The molecule has 0 radical (unpaired) electrons. The Morgan fingerprint density at radius 3 is 2.05 bits per heavy atom. The topological polar surface area (TPSA) is 76.0 Å². The Labute approximate surface area is 111 Å². The second-order valence-electron chi connectivity index (χ2n) is 3.92.